The number of hydrogen-bond donors (Lipinski definition) is 0. The van der Waals surface area contributed by atoms with Crippen molar-refractivity contribution in [1.82, 2.24) is 4.57 Å². The number of carbonyl (C=O) groups is 1. The second-order valence-corrected chi connectivity index (χ2v) is 9.95. The molecule has 0 radical (unpaired) electrons. The number of methoxy groups -OCH3 is 1. The summed E-state index contributed by atoms with van der Waals surface area (Å²) in [7, 11) is 1.57. The Morgan fingerprint density at radius 3 is 2.61 bits per heavy atom. The molecule has 3 heterocycles. The maximum absolute atomic E-state index is 13.6. The van der Waals surface area contributed by atoms with Crippen molar-refractivity contribution in [3.05, 3.63) is 112 Å². The molecule has 0 spiro atoms. The van der Waals surface area contributed by atoms with Crippen LogP contribution in [0.1, 0.15) is 31.2 Å². The molecule has 9 nitrogen and oxygen atoms in total. The molecule has 0 N–H and O–H groups in total. The number of halogens is 1. The molecular formula is C27H20ClN3O6S. The number of hydrogen-bond acceptors (Lipinski definition) is 8. The monoisotopic (exact) mass is 549 g/mol. The quantitative estimate of drug-likeness (QED) is 0.255. The summed E-state index contributed by atoms with van der Waals surface area (Å²) in [5.41, 5.74) is 1.65. The lowest BCUT2D eigenvalue weighted by Crippen LogP contribution is -2.39. The highest BCUT2D eigenvalue weighted by molar-refractivity contribution is 7.07. The first-order valence-corrected chi connectivity index (χ1v) is 12.6. The number of nitrogens with zero attached hydrogens (tertiary/aromatic N) is 3. The number of Topliss-reactive ketones (excluding diaryl/α,β-unsaturated/α-hetero) is 1. The number of aromatic nitrogens is 1. The topological polar surface area (TPSA) is 117 Å². The first-order chi connectivity index (χ1) is 18.2. The van der Waals surface area contributed by atoms with Crippen LogP contribution in [0.5, 0.6) is 5.75 Å². The molecule has 0 unspecified atom stereocenters. The van der Waals surface area contributed by atoms with E-state index in [4.69, 9.17) is 20.8 Å². The van der Waals surface area contributed by atoms with Crippen LogP contribution in [-0.4, -0.2) is 22.4 Å². The van der Waals surface area contributed by atoms with E-state index in [1.807, 2.05) is 12.1 Å². The fraction of sp³-hybridized carbons (Fsp3) is 0.148. The fourth-order valence-corrected chi connectivity index (χ4v) is 5.63. The van der Waals surface area contributed by atoms with Gasteiger partial charge in [-0.15, -0.1) is 0 Å². The summed E-state index contributed by atoms with van der Waals surface area (Å²) in [6, 6.07) is 13.9. The molecule has 4 aromatic rings. The average molecular weight is 550 g/mol. The number of thiazole rings is 1. The van der Waals surface area contributed by atoms with Gasteiger partial charge in [-0.1, -0.05) is 35.1 Å². The third-order valence-corrected chi connectivity index (χ3v) is 7.47. The van der Waals surface area contributed by atoms with E-state index in [-0.39, 0.29) is 17.0 Å². The number of nitro groups is 1. The lowest BCUT2D eigenvalue weighted by atomic mass is 9.93. The van der Waals surface area contributed by atoms with Crippen LogP contribution in [0, 0.1) is 10.1 Å². The number of non-ortho nitro benzene ring substituents is 1. The summed E-state index contributed by atoms with van der Waals surface area (Å²) in [6.07, 6.45) is 1.58. The number of furan rings is 1. The first kappa shape index (κ1) is 25.4. The molecule has 0 amide bonds. The largest absolute Gasteiger partial charge is 0.497 e. The van der Waals surface area contributed by atoms with Gasteiger partial charge < -0.3 is 9.15 Å². The highest BCUT2D eigenvalue weighted by Gasteiger charge is 2.30. The van der Waals surface area contributed by atoms with E-state index in [0.717, 1.165) is 5.56 Å². The maximum Gasteiger partial charge on any atom is 0.271 e. The molecule has 5 rings (SSSR count). The zero-order valence-corrected chi connectivity index (χ0v) is 22.0. The Morgan fingerprint density at radius 2 is 1.95 bits per heavy atom. The van der Waals surface area contributed by atoms with Crippen molar-refractivity contribution < 1.29 is 18.9 Å². The average Bonchev–Trinajstić information content (AvgIpc) is 3.47. The Morgan fingerprint density at radius 1 is 1.21 bits per heavy atom. The summed E-state index contributed by atoms with van der Waals surface area (Å²) in [5.74, 6) is 1.16. The first-order valence-electron chi connectivity index (χ1n) is 11.4. The van der Waals surface area contributed by atoms with Crippen molar-refractivity contribution in [3.63, 3.8) is 0 Å². The van der Waals surface area contributed by atoms with Crippen LogP contribution in [-0.2, 0) is 4.79 Å². The third-order valence-electron chi connectivity index (χ3n) is 6.16. The van der Waals surface area contributed by atoms with Crippen LogP contribution in [0.15, 0.2) is 80.1 Å². The van der Waals surface area contributed by atoms with Gasteiger partial charge in [0, 0.05) is 35.0 Å². The number of nitro benzene ring substituents is 1. The van der Waals surface area contributed by atoms with E-state index in [1.54, 1.807) is 44.4 Å². The Labute approximate surface area is 224 Å². The molecule has 2 aromatic carbocycles. The standard InChI is InChI=1S/C27H20ClN3O6S/c1-14-24(15(2)32)25(16-4-7-18(36-3)8-5-16)30-26(33)23(38-27(30)29-14)13-19-9-11-22(37-19)20-12-17(31(34)35)6-10-21(20)28/h4-13,25H,1-3H3/b23-13+/t25-/m0/s1. The third kappa shape index (κ3) is 4.48. The molecule has 0 saturated carbocycles. The van der Waals surface area contributed by atoms with E-state index < -0.39 is 11.0 Å². The van der Waals surface area contributed by atoms with Crippen LogP contribution in [0.3, 0.4) is 0 Å². The number of allylic oxidation sites excluding steroid dienone is 2. The minimum absolute atomic E-state index is 0.120. The molecule has 0 aliphatic carbocycles. The van der Waals surface area contributed by atoms with E-state index >= 15 is 0 Å². The van der Waals surface area contributed by atoms with Gasteiger partial charge in [0.25, 0.3) is 11.2 Å². The second kappa shape index (κ2) is 9.88. The Bertz CT molecular complexity index is 1810. The number of fused-ring (bicyclic) bond motifs is 1. The molecule has 1 aliphatic rings. The van der Waals surface area contributed by atoms with E-state index in [1.165, 1.54) is 41.0 Å². The Kier molecular flexibility index (Phi) is 6.60. The highest BCUT2D eigenvalue weighted by Crippen LogP contribution is 2.33. The zero-order chi connectivity index (χ0) is 27.1. The minimum atomic E-state index is -0.646. The molecule has 0 saturated heterocycles. The van der Waals surface area contributed by atoms with Crippen molar-refractivity contribution in [1.29, 1.82) is 0 Å². The zero-order valence-electron chi connectivity index (χ0n) is 20.4. The molecule has 0 fully saturated rings. The molecule has 192 valence electrons. The van der Waals surface area contributed by atoms with Crippen molar-refractivity contribution in [3.8, 4) is 17.1 Å². The molecule has 1 aliphatic heterocycles. The normalized spacial score (nSPS) is 15.3. The van der Waals surface area contributed by atoms with Gasteiger partial charge in [-0.3, -0.25) is 24.3 Å². The summed E-state index contributed by atoms with van der Waals surface area (Å²) < 4.78 is 13.0. The SMILES string of the molecule is COc1ccc([C@H]2C(C(C)=O)=C(C)N=c3s/c(=C/c4ccc(-c5cc([N+](=O)[O-])ccc5Cl)o4)c(=O)n32)cc1. The maximum atomic E-state index is 13.6. The van der Waals surface area contributed by atoms with E-state index in [0.29, 0.717) is 48.5 Å². The predicted molar refractivity (Wildman–Crippen MR) is 143 cm³/mol. The van der Waals surface area contributed by atoms with Crippen molar-refractivity contribution in [2.75, 3.05) is 7.11 Å². The van der Waals surface area contributed by atoms with Gasteiger partial charge in [-0.25, -0.2) is 4.99 Å². The Balaban J connectivity index is 1.62. The summed E-state index contributed by atoms with van der Waals surface area (Å²) in [6.45, 7) is 3.22. The summed E-state index contributed by atoms with van der Waals surface area (Å²) in [5, 5.41) is 11.5. The smallest absolute Gasteiger partial charge is 0.271 e. The Hall–Kier alpha value is -4.28. The van der Waals surface area contributed by atoms with Crippen LogP contribution in [0.2, 0.25) is 5.02 Å². The van der Waals surface area contributed by atoms with E-state index in [2.05, 4.69) is 4.99 Å². The number of ketones is 1. The van der Waals surface area contributed by atoms with Gasteiger partial charge in [-0.2, -0.15) is 0 Å². The minimum Gasteiger partial charge on any atom is -0.497 e. The number of benzene rings is 2. The van der Waals surface area contributed by atoms with Crippen LogP contribution >= 0.6 is 22.9 Å². The van der Waals surface area contributed by atoms with Gasteiger partial charge in [0.2, 0.25) is 0 Å². The van der Waals surface area contributed by atoms with Gasteiger partial charge >= 0.3 is 0 Å². The van der Waals surface area contributed by atoms with Gasteiger partial charge in [-0.05, 0) is 49.7 Å². The lowest BCUT2D eigenvalue weighted by molar-refractivity contribution is -0.384. The van der Waals surface area contributed by atoms with Crippen molar-refractivity contribution in [2.45, 2.75) is 19.9 Å². The van der Waals surface area contributed by atoms with E-state index in [9.17, 15) is 19.7 Å². The molecule has 1 atom stereocenters. The van der Waals surface area contributed by atoms with Crippen LogP contribution in [0.4, 0.5) is 5.69 Å². The second-order valence-electron chi connectivity index (χ2n) is 8.53. The predicted octanol–water partition coefficient (Wildman–Crippen LogP) is 4.65. The number of rotatable bonds is 6. The van der Waals surface area contributed by atoms with Crippen molar-refractivity contribution >= 4 is 40.5 Å². The van der Waals surface area contributed by atoms with Crippen molar-refractivity contribution in [2.24, 2.45) is 4.99 Å². The fourth-order valence-electron chi connectivity index (χ4n) is 4.39. The van der Waals surface area contributed by atoms with Gasteiger partial charge in [0.1, 0.15) is 17.3 Å². The lowest BCUT2D eigenvalue weighted by Gasteiger charge is -2.24. The van der Waals surface area contributed by atoms with Gasteiger partial charge in [0.05, 0.1) is 27.6 Å². The summed E-state index contributed by atoms with van der Waals surface area (Å²) >= 11 is 7.43. The molecule has 38 heavy (non-hydrogen) atoms. The van der Waals surface area contributed by atoms with Gasteiger partial charge in [0.15, 0.2) is 10.6 Å². The highest BCUT2D eigenvalue weighted by atomic mass is 35.5. The van der Waals surface area contributed by atoms with Crippen LogP contribution < -0.4 is 19.6 Å². The molecule has 11 heteroatoms. The van der Waals surface area contributed by atoms with Crippen LogP contribution in [0.25, 0.3) is 17.4 Å². The molecular weight excluding hydrogens is 530 g/mol. The summed E-state index contributed by atoms with van der Waals surface area (Å²) in [4.78, 5) is 41.9. The number of ether oxygens (including phenoxy) is 1. The molecule has 0 bridgehead atoms. The molecule has 2 aromatic heterocycles. The number of carbonyl (C=O) groups excluding carboxylic acids is 1.